The Morgan fingerprint density at radius 3 is 2.83 bits per heavy atom. The van der Waals surface area contributed by atoms with Gasteiger partial charge in [-0.1, -0.05) is 24.3 Å². The zero-order valence-corrected chi connectivity index (χ0v) is 13.7. The number of carbonyl (C=O) groups excluding carboxylic acids is 1. The molecular weight excluding hydrogens is 314 g/mol. The first-order valence-corrected chi connectivity index (χ1v) is 7.86. The molecule has 0 radical (unpaired) electrons. The Labute approximate surface area is 139 Å². The molecule has 1 amide bonds. The van der Waals surface area contributed by atoms with E-state index in [1.165, 1.54) is 11.0 Å². The molecule has 1 N–H and O–H groups in total. The average molecular weight is 334 g/mol. The number of hydrogen-bond donors (Lipinski definition) is 1. The van der Waals surface area contributed by atoms with E-state index in [9.17, 15) is 13.6 Å². The van der Waals surface area contributed by atoms with Crippen LogP contribution in [0.5, 0.6) is 0 Å². The molecule has 1 aliphatic rings. The van der Waals surface area contributed by atoms with Gasteiger partial charge in [-0.2, -0.15) is 5.10 Å². The largest absolute Gasteiger partial charge is 0.343 e. The van der Waals surface area contributed by atoms with Crippen LogP contribution in [0.25, 0.3) is 0 Å². The standard InChI is InChI=1S/C17H20F2N4O/c1-22(2)17(24)15-13-9-20-8-7-14(13)23(21-15)10-11-5-3-4-6-12(11)16(18)19/h3-6,16,20H,7-10H2,1-2H3. The molecule has 1 aromatic heterocycles. The van der Waals surface area contributed by atoms with Crippen LogP contribution in [0.15, 0.2) is 24.3 Å². The van der Waals surface area contributed by atoms with Crippen molar-refractivity contribution in [1.29, 1.82) is 0 Å². The fourth-order valence-corrected chi connectivity index (χ4v) is 2.99. The van der Waals surface area contributed by atoms with E-state index in [2.05, 4.69) is 10.4 Å². The van der Waals surface area contributed by atoms with Crippen molar-refractivity contribution in [1.82, 2.24) is 20.0 Å². The smallest absolute Gasteiger partial charge is 0.274 e. The molecule has 2 heterocycles. The van der Waals surface area contributed by atoms with Crippen LogP contribution in [0.1, 0.15) is 39.3 Å². The first kappa shape index (κ1) is 16.6. The second-order valence-electron chi connectivity index (χ2n) is 6.06. The number of fused-ring (bicyclic) bond motifs is 1. The number of carbonyl (C=O) groups is 1. The Bertz CT molecular complexity index is 755. The summed E-state index contributed by atoms with van der Waals surface area (Å²) in [6.07, 6.45) is -1.81. The monoisotopic (exact) mass is 334 g/mol. The quantitative estimate of drug-likeness (QED) is 0.933. The molecule has 1 aliphatic heterocycles. The van der Waals surface area contributed by atoms with E-state index in [0.29, 0.717) is 17.8 Å². The van der Waals surface area contributed by atoms with Crippen LogP contribution in [-0.4, -0.2) is 41.2 Å². The second kappa shape index (κ2) is 6.68. The minimum absolute atomic E-state index is 0.0103. The van der Waals surface area contributed by atoms with Gasteiger partial charge in [0.1, 0.15) is 0 Å². The molecule has 0 atom stereocenters. The summed E-state index contributed by atoms with van der Waals surface area (Å²) in [4.78, 5) is 13.8. The van der Waals surface area contributed by atoms with Crippen LogP contribution in [0.4, 0.5) is 8.78 Å². The third kappa shape index (κ3) is 3.03. The number of alkyl halides is 2. The number of nitrogens with one attached hydrogen (secondary N) is 1. The third-order valence-electron chi connectivity index (χ3n) is 4.23. The molecule has 0 bridgehead atoms. The maximum absolute atomic E-state index is 13.2. The molecule has 3 rings (SSSR count). The molecule has 7 heteroatoms. The van der Waals surface area contributed by atoms with E-state index >= 15 is 0 Å². The molecule has 0 spiro atoms. The number of aromatic nitrogens is 2. The zero-order chi connectivity index (χ0) is 17.3. The van der Waals surface area contributed by atoms with Gasteiger partial charge >= 0.3 is 0 Å². The molecule has 128 valence electrons. The highest BCUT2D eigenvalue weighted by Crippen LogP contribution is 2.25. The molecule has 24 heavy (non-hydrogen) atoms. The molecule has 0 saturated heterocycles. The Hall–Kier alpha value is -2.28. The Kier molecular flexibility index (Phi) is 4.62. The fraction of sp³-hybridized carbons (Fsp3) is 0.412. The highest BCUT2D eigenvalue weighted by Gasteiger charge is 2.26. The lowest BCUT2D eigenvalue weighted by atomic mass is 10.1. The summed E-state index contributed by atoms with van der Waals surface area (Å²) < 4.78 is 28.1. The van der Waals surface area contributed by atoms with Gasteiger partial charge in [0.15, 0.2) is 5.69 Å². The maximum atomic E-state index is 13.2. The highest BCUT2D eigenvalue weighted by atomic mass is 19.3. The Morgan fingerprint density at radius 1 is 1.38 bits per heavy atom. The van der Waals surface area contributed by atoms with Crippen LogP contribution < -0.4 is 5.32 Å². The summed E-state index contributed by atoms with van der Waals surface area (Å²) in [5.74, 6) is -0.171. The third-order valence-corrected chi connectivity index (χ3v) is 4.23. The SMILES string of the molecule is CN(C)C(=O)c1nn(Cc2ccccc2C(F)F)c2c1CNCC2. The Balaban J connectivity index is 2.02. The summed E-state index contributed by atoms with van der Waals surface area (Å²) in [6, 6.07) is 6.46. The van der Waals surface area contributed by atoms with E-state index in [0.717, 1.165) is 24.2 Å². The van der Waals surface area contributed by atoms with Crippen molar-refractivity contribution in [3.63, 3.8) is 0 Å². The van der Waals surface area contributed by atoms with Crippen molar-refractivity contribution in [2.24, 2.45) is 0 Å². The number of hydrogen-bond acceptors (Lipinski definition) is 3. The molecule has 1 aromatic carbocycles. The van der Waals surface area contributed by atoms with E-state index in [4.69, 9.17) is 0 Å². The lowest BCUT2D eigenvalue weighted by Crippen LogP contribution is -2.28. The molecular formula is C17H20F2N4O. The number of halogens is 2. The van der Waals surface area contributed by atoms with Gasteiger partial charge in [0.05, 0.1) is 6.54 Å². The van der Waals surface area contributed by atoms with Crippen molar-refractivity contribution in [3.8, 4) is 0 Å². The first-order chi connectivity index (χ1) is 11.5. The summed E-state index contributed by atoms with van der Waals surface area (Å²) in [5.41, 5.74) is 2.76. The molecule has 0 saturated carbocycles. The van der Waals surface area contributed by atoms with Gasteiger partial charge in [-0.05, 0) is 5.56 Å². The fourth-order valence-electron chi connectivity index (χ4n) is 2.99. The maximum Gasteiger partial charge on any atom is 0.274 e. The average Bonchev–Trinajstić information content (AvgIpc) is 2.93. The van der Waals surface area contributed by atoms with Crippen molar-refractivity contribution < 1.29 is 13.6 Å². The minimum Gasteiger partial charge on any atom is -0.343 e. The van der Waals surface area contributed by atoms with Crippen LogP contribution in [0.2, 0.25) is 0 Å². The molecule has 0 unspecified atom stereocenters. The summed E-state index contributed by atoms with van der Waals surface area (Å²) >= 11 is 0. The van der Waals surface area contributed by atoms with Gasteiger partial charge in [0, 0.05) is 50.4 Å². The molecule has 0 fully saturated rings. The van der Waals surface area contributed by atoms with Crippen molar-refractivity contribution >= 4 is 5.91 Å². The van der Waals surface area contributed by atoms with Crippen molar-refractivity contribution in [3.05, 3.63) is 52.3 Å². The lowest BCUT2D eigenvalue weighted by Gasteiger charge is -2.17. The van der Waals surface area contributed by atoms with E-state index in [1.807, 2.05) is 0 Å². The topological polar surface area (TPSA) is 50.2 Å². The van der Waals surface area contributed by atoms with Crippen molar-refractivity contribution in [2.75, 3.05) is 20.6 Å². The number of rotatable bonds is 4. The highest BCUT2D eigenvalue weighted by molar-refractivity contribution is 5.93. The molecule has 5 nitrogen and oxygen atoms in total. The van der Waals surface area contributed by atoms with Gasteiger partial charge in [0.2, 0.25) is 0 Å². The summed E-state index contributed by atoms with van der Waals surface area (Å²) in [5, 5.41) is 7.69. The lowest BCUT2D eigenvalue weighted by molar-refractivity contribution is 0.0819. The predicted molar refractivity (Wildman–Crippen MR) is 86.2 cm³/mol. The van der Waals surface area contributed by atoms with Crippen LogP contribution in [0, 0.1) is 0 Å². The number of nitrogens with zero attached hydrogens (tertiary/aromatic N) is 3. The number of benzene rings is 1. The van der Waals surface area contributed by atoms with Crippen molar-refractivity contribution in [2.45, 2.75) is 25.9 Å². The van der Waals surface area contributed by atoms with Gasteiger partial charge in [-0.25, -0.2) is 8.78 Å². The normalized spacial score (nSPS) is 13.9. The molecule has 0 aliphatic carbocycles. The van der Waals surface area contributed by atoms with E-state index in [1.54, 1.807) is 37.0 Å². The van der Waals surface area contributed by atoms with Crippen LogP contribution in [-0.2, 0) is 19.5 Å². The minimum atomic E-state index is -2.53. The summed E-state index contributed by atoms with van der Waals surface area (Å²) in [6.45, 7) is 1.59. The first-order valence-electron chi connectivity index (χ1n) is 7.86. The van der Waals surface area contributed by atoms with Crippen LogP contribution >= 0.6 is 0 Å². The predicted octanol–water partition coefficient (Wildman–Crippen LogP) is 2.22. The molecule has 2 aromatic rings. The summed E-state index contributed by atoms with van der Waals surface area (Å²) in [7, 11) is 3.35. The van der Waals surface area contributed by atoms with Gasteiger partial charge < -0.3 is 10.2 Å². The zero-order valence-electron chi connectivity index (χ0n) is 13.7. The van der Waals surface area contributed by atoms with Gasteiger partial charge in [-0.3, -0.25) is 9.48 Å². The van der Waals surface area contributed by atoms with Crippen LogP contribution in [0.3, 0.4) is 0 Å². The van der Waals surface area contributed by atoms with Gasteiger partial charge in [0.25, 0.3) is 12.3 Å². The van der Waals surface area contributed by atoms with E-state index < -0.39 is 6.43 Å². The Morgan fingerprint density at radius 2 is 2.12 bits per heavy atom. The number of amides is 1. The van der Waals surface area contributed by atoms with E-state index in [-0.39, 0.29) is 18.0 Å². The second-order valence-corrected chi connectivity index (χ2v) is 6.06. The van der Waals surface area contributed by atoms with Gasteiger partial charge in [-0.15, -0.1) is 0 Å².